The Morgan fingerprint density at radius 3 is 0.835 bits per heavy atom. The summed E-state index contributed by atoms with van der Waals surface area (Å²) in [6, 6.07) is 0. The summed E-state index contributed by atoms with van der Waals surface area (Å²) in [6.45, 7) is 6.47. The SMILES string of the molecule is CC/C=C\C/C=C\C/C=C\C/C=C\C/C=C\C/C=C\C/C=C\CCCCCCCCCCCCCC(=O)OCC(COC(=O)CCCCCCC/C=C\CCC)OC(=O)CCCCCCCCC/C=C\CCCCCCCCC. The van der Waals surface area contributed by atoms with Gasteiger partial charge in [-0.3, -0.25) is 14.4 Å². The van der Waals surface area contributed by atoms with E-state index in [1.54, 1.807) is 0 Å². The van der Waals surface area contributed by atoms with Gasteiger partial charge in [-0.2, -0.15) is 0 Å². The first-order chi connectivity index (χ1) is 39.0. The maximum atomic E-state index is 12.9. The largest absolute Gasteiger partial charge is 0.462 e. The first-order valence-electron chi connectivity index (χ1n) is 33.4. The van der Waals surface area contributed by atoms with Crippen LogP contribution in [0.1, 0.15) is 316 Å². The van der Waals surface area contributed by atoms with Gasteiger partial charge in [-0.05, 0) is 122 Å². The molecule has 1 unspecified atom stereocenters. The number of rotatable bonds is 60. The number of carbonyl (C=O) groups excluding carboxylic acids is 3. The molecule has 0 aromatic heterocycles. The second-order valence-electron chi connectivity index (χ2n) is 22.0. The molecule has 0 saturated heterocycles. The van der Waals surface area contributed by atoms with E-state index < -0.39 is 6.10 Å². The molecule has 0 N–H and O–H groups in total. The normalized spacial score (nSPS) is 12.8. The Bertz CT molecular complexity index is 1590. The Balaban J connectivity index is 4.19. The molecule has 0 radical (unpaired) electrons. The third kappa shape index (κ3) is 64.8. The van der Waals surface area contributed by atoms with Crippen molar-refractivity contribution in [2.75, 3.05) is 13.2 Å². The van der Waals surface area contributed by atoms with Gasteiger partial charge in [0, 0.05) is 19.3 Å². The number of allylic oxidation sites excluding steroid dienone is 18. The summed E-state index contributed by atoms with van der Waals surface area (Å²) in [5.41, 5.74) is 0. The zero-order valence-corrected chi connectivity index (χ0v) is 51.9. The lowest BCUT2D eigenvalue weighted by Gasteiger charge is -2.18. The Hall–Kier alpha value is -3.93. The Morgan fingerprint density at radius 2 is 0.519 bits per heavy atom. The van der Waals surface area contributed by atoms with Crippen LogP contribution < -0.4 is 0 Å². The van der Waals surface area contributed by atoms with Gasteiger partial charge in [0.2, 0.25) is 0 Å². The second-order valence-corrected chi connectivity index (χ2v) is 22.0. The van der Waals surface area contributed by atoms with Crippen molar-refractivity contribution in [2.24, 2.45) is 0 Å². The monoisotopic (exact) mass is 1100 g/mol. The first kappa shape index (κ1) is 75.1. The van der Waals surface area contributed by atoms with E-state index in [2.05, 4.69) is 130 Å². The van der Waals surface area contributed by atoms with Crippen LogP contribution in [0, 0.1) is 0 Å². The lowest BCUT2D eigenvalue weighted by atomic mass is 10.0. The maximum Gasteiger partial charge on any atom is 0.306 e. The molecule has 0 saturated carbocycles. The average Bonchev–Trinajstić information content (AvgIpc) is 3.45. The Labute approximate surface area is 489 Å². The van der Waals surface area contributed by atoms with Crippen molar-refractivity contribution >= 4 is 17.9 Å². The van der Waals surface area contributed by atoms with Gasteiger partial charge in [0.15, 0.2) is 6.10 Å². The molecule has 1 atom stereocenters. The zero-order chi connectivity index (χ0) is 57.1. The van der Waals surface area contributed by atoms with Gasteiger partial charge < -0.3 is 14.2 Å². The van der Waals surface area contributed by atoms with E-state index in [1.165, 1.54) is 161 Å². The predicted octanol–water partition coefficient (Wildman–Crippen LogP) is 23.0. The molecule has 6 nitrogen and oxygen atoms in total. The fraction of sp³-hybridized carbons (Fsp3) is 0.712. The van der Waals surface area contributed by atoms with Crippen LogP contribution in [-0.2, 0) is 28.6 Å². The minimum atomic E-state index is -0.785. The highest BCUT2D eigenvalue weighted by Gasteiger charge is 2.19. The number of hydrogen-bond donors (Lipinski definition) is 0. The summed E-state index contributed by atoms with van der Waals surface area (Å²) >= 11 is 0. The van der Waals surface area contributed by atoms with E-state index in [0.717, 1.165) is 116 Å². The van der Waals surface area contributed by atoms with Gasteiger partial charge in [-0.15, -0.1) is 0 Å². The van der Waals surface area contributed by atoms with Crippen LogP contribution in [0.3, 0.4) is 0 Å². The third-order valence-corrected chi connectivity index (χ3v) is 14.2. The minimum Gasteiger partial charge on any atom is -0.462 e. The standard InChI is InChI=1S/C73H124O6/c1-4-7-10-13-16-19-22-24-26-28-30-31-32-33-34-35-36-37-38-39-40-41-42-43-44-46-47-49-51-54-57-60-63-66-72(75)78-69-70(68-77-71(74)65-62-59-56-53-21-18-15-12-9-6-3)79-73(76)67-64-61-58-55-52-50-48-45-29-27-25-23-20-17-14-11-8-5-2/h7,10,12,15-16,19,24,26-27,29-31,33-34,36-37,39-40,70H,4-6,8-9,11,13-14,17-18,20-23,25,28,32,35,38,41-69H2,1-3H3/b10-7-,15-12-,19-16-,26-24-,29-27-,31-30-,34-33-,37-36-,40-39-. The van der Waals surface area contributed by atoms with E-state index in [-0.39, 0.29) is 31.1 Å². The highest BCUT2D eigenvalue weighted by Crippen LogP contribution is 2.16. The predicted molar refractivity (Wildman–Crippen MR) is 343 cm³/mol. The van der Waals surface area contributed by atoms with Crippen LogP contribution in [0.25, 0.3) is 0 Å². The molecular formula is C73H124O6. The Morgan fingerprint density at radius 1 is 0.266 bits per heavy atom. The highest BCUT2D eigenvalue weighted by atomic mass is 16.6. The zero-order valence-electron chi connectivity index (χ0n) is 51.9. The molecule has 0 heterocycles. The van der Waals surface area contributed by atoms with Gasteiger partial charge in [0.05, 0.1) is 0 Å². The molecule has 0 aliphatic rings. The number of esters is 3. The lowest BCUT2D eigenvalue weighted by molar-refractivity contribution is -0.167. The van der Waals surface area contributed by atoms with Crippen molar-refractivity contribution in [3.05, 3.63) is 109 Å². The highest BCUT2D eigenvalue weighted by molar-refractivity contribution is 5.71. The molecule has 0 aromatic carbocycles. The molecular weight excluding hydrogens is 973 g/mol. The van der Waals surface area contributed by atoms with E-state index in [4.69, 9.17) is 14.2 Å². The summed E-state index contributed by atoms with van der Waals surface area (Å²) in [7, 11) is 0. The van der Waals surface area contributed by atoms with E-state index in [9.17, 15) is 14.4 Å². The van der Waals surface area contributed by atoms with Gasteiger partial charge in [0.25, 0.3) is 0 Å². The van der Waals surface area contributed by atoms with Gasteiger partial charge >= 0.3 is 17.9 Å². The molecule has 0 fully saturated rings. The molecule has 0 aromatic rings. The molecule has 79 heavy (non-hydrogen) atoms. The smallest absolute Gasteiger partial charge is 0.306 e. The summed E-state index contributed by atoms with van der Waals surface area (Å²) in [4.78, 5) is 38.2. The van der Waals surface area contributed by atoms with E-state index >= 15 is 0 Å². The van der Waals surface area contributed by atoms with Crippen LogP contribution in [0.5, 0.6) is 0 Å². The van der Waals surface area contributed by atoms with Gasteiger partial charge in [0.1, 0.15) is 13.2 Å². The van der Waals surface area contributed by atoms with Crippen LogP contribution >= 0.6 is 0 Å². The minimum absolute atomic E-state index is 0.0827. The fourth-order valence-corrected chi connectivity index (χ4v) is 9.24. The quantitative estimate of drug-likeness (QED) is 0.0261. The third-order valence-electron chi connectivity index (χ3n) is 14.2. The van der Waals surface area contributed by atoms with Crippen molar-refractivity contribution in [3.8, 4) is 0 Å². The van der Waals surface area contributed by atoms with Crippen molar-refractivity contribution in [1.82, 2.24) is 0 Å². The molecule has 0 rings (SSSR count). The van der Waals surface area contributed by atoms with Crippen LogP contribution in [0.2, 0.25) is 0 Å². The average molecular weight is 1100 g/mol. The van der Waals surface area contributed by atoms with E-state index in [0.29, 0.717) is 19.3 Å². The topological polar surface area (TPSA) is 78.9 Å². The molecule has 6 heteroatoms. The fourth-order valence-electron chi connectivity index (χ4n) is 9.24. The molecule has 0 aliphatic carbocycles. The number of unbranched alkanes of at least 4 members (excludes halogenated alkanes) is 31. The number of ether oxygens (including phenoxy) is 3. The van der Waals surface area contributed by atoms with Gasteiger partial charge in [-0.25, -0.2) is 0 Å². The van der Waals surface area contributed by atoms with Crippen LogP contribution in [-0.4, -0.2) is 37.2 Å². The summed E-state index contributed by atoms with van der Waals surface area (Å²) in [5.74, 6) is -0.892. The lowest BCUT2D eigenvalue weighted by Crippen LogP contribution is -2.30. The summed E-state index contributed by atoms with van der Waals surface area (Å²) in [5, 5.41) is 0. The molecule has 0 spiro atoms. The molecule has 0 amide bonds. The van der Waals surface area contributed by atoms with Crippen molar-refractivity contribution in [2.45, 2.75) is 322 Å². The summed E-state index contributed by atoms with van der Waals surface area (Å²) < 4.78 is 16.9. The first-order valence-corrected chi connectivity index (χ1v) is 33.4. The molecule has 452 valence electrons. The van der Waals surface area contributed by atoms with Crippen molar-refractivity contribution in [1.29, 1.82) is 0 Å². The summed E-state index contributed by atoms with van der Waals surface area (Å²) in [6.07, 6.45) is 91.1. The van der Waals surface area contributed by atoms with E-state index in [1.807, 2.05) is 0 Å². The maximum absolute atomic E-state index is 12.9. The molecule has 0 bridgehead atoms. The number of carbonyl (C=O) groups is 3. The van der Waals surface area contributed by atoms with Crippen LogP contribution in [0.15, 0.2) is 109 Å². The van der Waals surface area contributed by atoms with Gasteiger partial charge in [-0.1, -0.05) is 284 Å². The second kappa shape index (κ2) is 66.6. The van der Waals surface area contributed by atoms with Crippen molar-refractivity contribution < 1.29 is 28.6 Å². The van der Waals surface area contributed by atoms with Crippen LogP contribution in [0.4, 0.5) is 0 Å². The Kier molecular flexibility index (Phi) is 63.3. The number of hydrogen-bond acceptors (Lipinski definition) is 6. The molecule has 0 aliphatic heterocycles. The van der Waals surface area contributed by atoms with Crippen molar-refractivity contribution in [3.63, 3.8) is 0 Å².